The summed E-state index contributed by atoms with van der Waals surface area (Å²) in [5, 5.41) is 5.63. The Kier molecular flexibility index (Phi) is 5.81. The summed E-state index contributed by atoms with van der Waals surface area (Å²) < 4.78 is 48.6. The van der Waals surface area contributed by atoms with E-state index < -0.39 is 17.7 Å². The standard InChI is InChI=1S/C24H23F2N5O4S/c1-3-34-13-9-30(10-13)22(32)20-28-21-12(2)27-19(18-15(25)5-4-6-16(18)26)17-14-11-33-7-8-35-24(14)36-23(17)31(21)29-20/h4-6,12-13H,3,7-11H2,1-2H3/t12-/m0/s1. The molecule has 2 aromatic heterocycles. The number of likely N-dealkylation sites (tertiary alicyclic amines) is 1. The van der Waals surface area contributed by atoms with Gasteiger partial charge in [0.1, 0.15) is 29.3 Å². The van der Waals surface area contributed by atoms with Gasteiger partial charge in [-0.1, -0.05) is 17.4 Å². The highest BCUT2D eigenvalue weighted by molar-refractivity contribution is 7.17. The van der Waals surface area contributed by atoms with Gasteiger partial charge < -0.3 is 19.1 Å². The molecule has 0 N–H and O–H groups in total. The minimum atomic E-state index is -0.729. The molecule has 0 aliphatic carbocycles. The zero-order valence-electron chi connectivity index (χ0n) is 19.7. The second-order valence-corrected chi connectivity index (χ2v) is 9.65. The minimum absolute atomic E-state index is 0.0119. The molecular formula is C24H23F2N5O4S. The number of benzene rings is 1. The maximum Gasteiger partial charge on any atom is 0.293 e. The second kappa shape index (κ2) is 9.02. The van der Waals surface area contributed by atoms with Gasteiger partial charge in [0.2, 0.25) is 5.82 Å². The van der Waals surface area contributed by atoms with Gasteiger partial charge in [0, 0.05) is 30.8 Å². The van der Waals surface area contributed by atoms with Crippen molar-refractivity contribution >= 4 is 23.0 Å². The number of aliphatic imine (C=N–C) groups is 1. The molecule has 1 atom stereocenters. The number of fused-ring (bicyclic) bond motifs is 5. The van der Waals surface area contributed by atoms with Crippen molar-refractivity contribution in [3.8, 4) is 10.1 Å². The van der Waals surface area contributed by atoms with Crippen LogP contribution in [-0.2, 0) is 16.1 Å². The maximum absolute atomic E-state index is 15.0. The van der Waals surface area contributed by atoms with E-state index in [1.807, 2.05) is 6.92 Å². The van der Waals surface area contributed by atoms with Crippen LogP contribution in [0.1, 0.15) is 53.0 Å². The summed E-state index contributed by atoms with van der Waals surface area (Å²) in [7, 11) is 0. The molecule has 3 aliphatic rings. The quantitative estimate of drug-likeness (QED) is 0.530. The summed E-state index contributed by atoms with van der Waals surface area (Å²) in [5.41, 5.74) is 1.01. The van der Waals surface area contributed by atoms with Crippen molar-refractivity contribution in [1.82, 2.24) is 19.7 Å². The fourth-order valence-corrected chi connectivity index (χ4v) is 5.74. The monoisotopic (exact) mass is 515 g/mol. The van der Waals surface area contributed by atoms with Crippen molar-refractivity contribution in [2.45, 2.75) is 32.6 Å². The molecule has 1 fully saturated rings. The molecule has 188 valence electrons. The first-order valence-electron chi connectivity index (χ1n) is 11.7. The number of nitrogens with zero attached hydrogens (tertiary/aromatic N) is 5. The zero-order chi connectivity index (χ0) is 25.0. The molecule has 3 aliphatic heterocycles. The minimum Gasteiger partial charge on any atom is -0.481 e. The number of aromatic nitrogens is 3. The molecule has 36 heavy (non-hydrogen) atoms. The number of rotatable bonds is 4. The van der Waals surface area contributed by atoms with Crippen LogP contribution in [0.3, 0.4) is 0 Å². The third kappa shape index (κ3) is 3.71. The highest BCUT2D eigenvalue weighted by Gasteiger charge is 2.38. The SMILES string of the molecule is CCOC1CN(C(=O)c2nc3n(n2)-c2sc4c(c2C(c2c(F)cccc2F)=N[C@H]3C)COCCO4)C1. The number of thiophene rings is 1. The van der Waals surface area contributed by atoms with E-state index in [-0.39, 0.29) is 35.7 Å². The average molecular weight is 516 g/mol. The lowest BCUT2D eigenvalue weighted by Crippen LogP contribution is -2.55. The van der Waals surface area contributed by atoms with Crippen molar-refractivity contribution < 1.29 is 27.8 Å². The van der Waals surface area contributed by atoms with Crippen LogP contribution >= 0.6 is 11.3 Å². The summed E-state index contributed by atoms with van der Waals surface area (Å²) in [6.07, 6.45) is 0.0119. The molecule has 0 bridgehead atoms. The van der Waals surface area contributed by atoms with E-state index in [1.165, 1.54) is 29.5 Å². The van der Waals surface area contributed by atoms with Crippen LogP contribution in [0.5, 0.6) is 5.06 Å². The smallest absolute Gasteiger partial charge is 0.293 e. The summed E-state index contributed by atoms with van der Waals surface area (Å²) >= 11 is 1.27. The topological polar surface area (TPSA) is 91.1 Å². The van der Waals surface area contributed by atoms with E-state index in [1.54, 1.807) is 16.5 Å². The van der Waals surface area contributed by atoms with Crippen molar-refractivity contribution in [2.24, 2.45) is 4.99 Å². The van der Waals surface area contributed by atoms with E-state index in [0.717, 1.165) is 0 Å². The van der Waals surface area contributed by atoms with Gasteiger partial charge in [0.25, 0.3) is 5.91 Å². The van der Waals surface area contributed by atoms with Gasteiger partial charge in [-0.05, 0) is 26.0 Å². The summed E-state index contributed by atoms with van der Waals surface area (Å²) in [6, 6.07) is 3.07. The van der Waals surface area contributed by atoms with E-state index in [9.17, 15) is 13.6 Å². The largest absolute Gasteiger partial charge is 0.481 e. The van der Waals surface area contributed by atoms with Gasteiger partial charge >= 0.3 is 0 Å². The van der Waals surface area contributed by atoms with Crippen molar-refractivity contribution in [3.63, 3.8) is 0 Å². The maximum atomic E-state index is 15.0. The molecule has 1 aromatic carbocycles. The highest BCUT2D eigenvalue weighted by Crippen LogP contribution is 2.44. The lowest BCUT2D eigenvalue weighted by Gasteiger charge is -2.37. The fourth-order valence-electron chi connectivity index (χ4n) is 4.59. The molecule has 0 radical (unpaired) electrons. The van der Waals surface area contributed by atoms with Crippen LogP contribution in [0, 0.1) is 11.6 Å². The van der Waals surface area contributed by atoms with Gasteiger partial charge in [-0.15, -0.1) is 5.10 Å². The number of hydrogen-bond donors (Lipinski definition) is 0. The number of carbonyl (C=O) groups is 1. The van der Waals surface area contributed by atoms with E-state index in [2.05, 4.69) is 10.1 Å². The average Bonchev–Trinajstić information content (AvgIpc) is 3.31. The van der Waals surface area contributed by atoms with Crippen LogP contribution in [0.2, 0.25) is 0 Å². The van der Waals surface area contributed by atoms with Crippen LogP contribution in [0.25, 0.3) is 5.00 Å². The molecular weight excluding hydrogens is 492 g/mol. The Hall–Kier alpha value is -3.22. The molecule has 1 saturated heterocycles. The highest BCUT2D eigenvalue weighted by atomic mass is 32.1. The summed E-state index contributed by atoms with van der Waals surface area (Å²) in [5.74, 6) is -1.33. The lowest BCUT2D eigenvalue weighted by atomic mass is 9.99. The van der Waals surface area contributed by atoms with Crippen molar-refractivity contribution in [2.75, 3.05) is 32.9 Å². The Morgan fingerprint density at radius 3 is 2.75 bits per heavy atom. The molecule has 0 spiro atoms. The summed E-state index contributed by atoms with van der Waals surface area (Å²) in [6.45, 7) is 6.12. The third-order valence-corrected chi connectivity index (χ3v) is 7.46. The zero-order valence-corrected chi connectivity index (χ0v) is 20.5. The van der Waals surface area contributed by atoms with E-state index >= 15 is 0 Å². The Bertz CT molecular complexity index is 1360. The van der Waals surface area contributed by atoms with E-state index in [0.29, 0.717) is 59.9 Å². The van der Waals surface area contributed by atoms with Crippen LogP contribution in [-0.4, -0.2) is 70.3 Å². The van der Waals surface area contributed by atoms with Crippen LogP contribution in [0.4, 0.5) is 8.78 Å². The Balaban J connectivity index is 1.48. The molecule has 9 nitrogen and oxygen atoms in total. The Labute approximate surface area is 209 Å². The molecule has 1 amide bonds. The van der Waals surface area contributed by atoms with Gasteiger partial charge in [-0.25, -0.2) is 18.4 Å². The molecule has 12 heteroatoms. The normalized spacial score (nSPS) is 19.3. The number of halogens is 2. The first-order chi connectivity index (χ1) is 17.5. The molecule has 5 heterocycles. The van der Waals surface area contributed by atoms with Gasteiger partial charge in [0.15, 0.2) is 10.9 Å². The first-order valence-corrected chi connectivity index (χ1v) is 12.5. The van der Waals surface area contributed by atoms with E-state index in [4.69, 9.17) is 19.2 Å². The van der Waals surface area contributed by atoms with Crippen molar-refractivity contribution in [3.05, 3.63) is 58.2 Å². The summed E-state index contributed by atoms with van der Waals surface area (Å²) in [4.78, 5) is 23.9. The van der Waals surface area contributed by atoms with Gasteiger partial charge in [0.05, 0.1) is 30.6 Å². The number of hydrogen-bond acceptors (Lipinski definition) is 8. The predicted octanol–water partition coefficient (Wildman–Crippen LogP) is 3.29. The van der Waals surface area contributed by atoms with Gasteiger partial charge in [-0.3, -0.25) is 9.79 Å². The molecule has 0 saturated carbocycles. The first kappa shape index (κ1) is 23.2. The Morgan fingerprint density at radius 1 is 1.22 bits per heavy atom. The number of amides is 1. The predicted molar refractivity (Wildman–Crippen MR) is 126 cm³/mol. The lowest BCUT2D eigenvalue weighted by molar-refractivity contribution is -0.0382. The number of carbonyl (C=O) groups excluding carboxylic acids is 1. The Morgan fingerprint density at radius 2 is 2.00 bits per heavy atom. The molecule has 3 aromatic rings. The number of ether oxygens (including phenoxy) is 3. The van der Waals surface area contributed by atoms with Crippen LogP contribution < -0.4 is 4.74 Å². The third-order valence-electron chi connectivity index (χ3n) is 6.34. The second-order valence-electron chi connectivity index (χ2n) is 8.69. The van der Waals surface area contributed by atoms with Crippen molar-refractivity contribution in [1.29, 1.82) is 0 Å². The molecule has 6 rings (SSSR count). The van der Waals surface area contributed by atoms with Crippen LogP contribution in [0.15, 0.2) is 23.2 Å². The molecule has 0 unspecified atom stereocenters. The fraction of sp³-hybridized carbons (Fsp3) is 0.417. The van der Waals surface area contributed by atoms with Gasteiger partial charge in [-0.2, -0.15) is 0 Å².